The number of hydrogen-bond acceptors (Lipinski definition) is 10. The third-order valence-electron chi connectivity index (χ3n) is 6.17. The number of carbonyl (C=O) groups is 6. The zero-order chi connectivity index (χ0) is 36.2. The van der Waals surface area contributed by atoms with Gasteiger partial charge in [-0.1, -0.05) is 44.9 Å². The number of nitrogens with two attached hydrogens (primary N) is 3. The molecule has 0 bridgehead atoms. The number of hydrogen-bond donors (Lipinski definition) is 9. The van der Waals surface area contributed by atoms with Crippen LogP contribution in [0.3, 0.4) is 0 Å². The molecule has 0 aromatic heterocycles. The van der Waals surface area contributed by atoms with Crippen molar-refractivity contribution in [3.63, 3.8) is 0 Å². The molecule has 0 aliphatic rings. The van der Waals surface area contributed by atoms with Gasteiger partial charge in [0.2, 0.25) is 0 Å². The molecule has 0 fully saturated rings. The summed E-state index contributed by atoms with van der Waals surface area (Å²) in [6, 6.07) is -1.40. The van der Waals surface area contributed by atoms with Crippen molar-refractivity contribution in [1.82, 2.24) is 0 Å². The second kappa shape index (κ2) is 37.8. The van der Waals surface area contributed by atoms with Crippen LogP contribution in [0, 0.1) is 0 Å². The minimum Gasteiger partial charge on any atom is -0.550 e. The first-order valence-corrected chi connectivity index (χ1v) is 15.9. The van der Waals surface area contributed by atoms with E-state index in [2.05, 4.69) is 5.73 Å². The maximum atomic E-state index is 10.2. The minimum absolute atomic E-state index is 0.110. The van der Waals surface area contributed by atoms with Crippen molar-refractivity contribution in [1.29, 1.82) is 0 Å². The molecule has 0 spiro atoms. The first-order chi connectivity index (χ1) is 21.6. The molecule has 0 unspecified atom stereocenters. The fourth-order valence-corrected chi connectivity index (χ4v) is 3.46. The van der Waals surface area contributed by atoms with E-state index >= 15 is 0 Å². The van der Waals surface area contributed by atoms with Crippen LogP contribution in [-0.4, -0.2) is 86.5 Å². The summed E-state index contributed by atoms with van der Waals surface area (Å²) in [5.74, 6) is -5.14. The Morgan fingerprint density at radius 2 is 0.804 bits per heavy atom. The predicted octanol–water partition coefficient (Wildman–Crippen LogP) is 0.776. The van der Waals surface area contributed by atoms with Crippen molar-refractivity contribution < 1.29 is 65.1 Å². The maximum Gasteiger partial charge on any atom is 0.320 e. The number of rotatable bonds is 26. The van der Waals surface area contributed by atoms with E-state index in [9.17, 15) is 33.9 Å². The fourth-order valence-electron chi connectivity index (χ4n) is 3.46. The van der Waals surface area contributed by atoms with Gasteiger partial charge in [-0.05, 0) is 70.8 Å². The highest BCUT2D eigenvalue weighted by Crippen LogP contribution is 2.07. The highest BCUT2D eigenvalue weighted by atomic mass is 16.4. The Bertz CT molecular complexity index is 700. The highest BCUT2D eigenvalue weighted by molar-refractivity contribution is 5.73. The van der Waals surface area contributed by atoms with Crippen molar-refractivity contribution >= 4 is 35.8 Å². The SMILES string of the molecule is NCCCC[C@H](N)C(=O)O.N[C@@H](CCCC[NH3+])C(=O)O.O=C(O)CCCCCCCC(=O)O.O=C([O-])CCCCCCCC(=O)O. The van der Waals surface area contributed by atoms with Crippen LogP contribution >= 0.6 is 0 Å². The number of aliphatic carboxylic acids is 6. The molecule has 0 aliphatic heterocycles. The smallest absolute Gasteiger partial charge is 0.320 e. The molecule has 14 N–H and O–H groups in total. The molecule has 0 rings (SSSR count). The molecule has 46 heavy (non-hydrogen) atoms. The third kappa shape index (κ3) is 53.2. The van der Waals surface area contributed by atoms with Gasteiger partial charge in [-0.3, -0.25) is 24.0 Å². The zero-order valence-corrected chi connectivity index (χ0v) is 27.2. The zero-order valence-electron chi connectivity index (χ0n) is 27.2. The summed E-state index contributed by atoms with van der Waals surface area (Å²) in [7, 11) is 0. The topological polar surface area (TPSA) is 332 Å². The number of quaternary nitrogens is 1. The molecule has 2 atom stereocenters. The van der Waals surface area contributed by atoms with Gasteiger partial charge in [0.05, 0.1) is 6.54 Å². The number of carboxylic acid groups (broad SMARTS) is 6. The van der Waals surface area contributed by atoms with E-state index < -0.39 is 47.9 Å². The van der Waals surface area contributed by atoms with Crippen LogP contribution in [-0.2, 0) is 28.8 Å². The van der Waals surface area contributed by atoms with Crippen molar-refractivity contribution in [2.75, 3.05) is 13.1 Å². The summed E-state index contributed by atoms with van der Waals surface area (Å²) < 4.78 is 0. The average Bonchev–Trinajstić information content (AvgIpc) is 2.96. The molecule has 0 aromatic rings. The summed E-state index contributed by atoms with van der Waals surface area (Å²) in [6.45, 7) is 1.46. The average molecular weight is 669 g/mol. The first-order valence-electron chi connectivity index (χ1n) is 15.9. The number of carbonyl (C=O) groups excluding carboxylic acids is 1. The van der Waals surface area contributed by atoms with Crippen LogP contribution in [0.25, 0.3) is 0 Å². The van der Waals surface area contributed by atoms with Gasteiger partial charge in [0.1, 0.15) is 12.1 Å². The van der Waals surface area contributed by atoms with E-state index in [0.29, 0.717) is 45.1 Å². The van der Waals surface area contributed by atoms with E-state index in [1.165, 1.54) is 0 Å². The van der Waals surface area contributed by atoms with Crippen molar-refractivity contribution in [3.05, 3.63) is 0 Å². The van der Waals surface area contributed by atoms with E-state index in [1.807, 2.05) is 0 Å². The Morgan fingerprint density at radius 1 is 0.500 bits per heavy atom. The lowest BCUT2D eigenvalue weighted by molar-refractivity contribution is -0.368. The molecule has 0 aromatic carbocycles. The van der Waals surface area contributed by atoms with Crippen LogP contribution < -0.4 is 28.0 Å². The normalized spacial score (nSPS) is 11.2. The Morgan fingerprint density at radius 3 is 1.07 bits per heavy atom. The first kappa shape index (κ1) is 49.5. The van der Waals surface area contributed by atoms with E-state index in [4.69, 9.17) is 42.7 Å². The van der Waals surface area contributed by atoms with Gasteiger partial charge in [0.25, 0.3) is 0 Å². The van der Waals surface area contributed by atoms with Gasteiger partial charge in [-0.2, -0.15) is 0 Å². The largest absolute Gasteiger partial charge is 0.550 e. The van der Waals surface area contributed by atoms with Gasteiger partial charge in [-0.15, -0.1) is 0 Å². The molecule has 0 saturated heterocycles. The van der Waals surface area contributed by atoms with Crippen LogP contribution in [0.1, 0.15) is 128 Å². The molecule has 16 heteroatoms. The Hall–Kier alpha value is -3.34. The fraction of sp³-hybridized carbons (Fsp3) is 0.800. The van der Waals surface area contributed by atoms with Gasteiger partial charge in [-0.25, -0.2) is 0 Å². The molecule has 0 heterocycles. The summed E-state index contributed by atoms with van der Waals surface area (Å²) >= 11 is 0. The summed E-state index contributed by atoms with van der Waals surface area (Å²) in [5, 5.41) is 51.6. The molecule has 0 aliphatic carbocycles. The number of carboxylic acids is 6. The van der Waals surface area contributed by atoms with Gasteiger partial charge >= 0.3 is 29.8 Å². The van der Waals surface area contributed by atoms with Crippen LogP contribution in [0.15, 0.2) is 0 Å². The lowest BCUT2D eigenvalue weighted by Gasteiger charge is -2.03. The predicted molar refractivity (Wildman–Crippen MR) is 168 cm³/mol. The molecule has 272 valence electrons. The quantitative estimate of drug-likeness (QED) is 0.0575. The lowest BCUT2D eigenvalue weighted by Crippen LogP contribution is -2.50. The van der Waals surface area contributed by atoms with Gasteiger partial charge in [0, 0.05) is 25.2 Å². The second-order valence-electron chi connectivity index (χ2n) is 10.6. The molecule has 0 radical (unpaired) electrons. The van der Waals surface area contributed by atoms with E-state index in [-0.39, 0.29) is 25.7 Å². The minimum atomic E-state index is -1.01. The van der Waals surface area contributed by atoms with E-state index in [0.717, 1.165) is 70.8 Å². The monoisotopic (exact) mass is 668 g/mol. The molecular weight excluding hydrogens is 608 g/mol. The summed E-state index contributed by atoms with van der Waals surface area (Å²) in [6.07, 6.45) is 13.3. The lowest BCUT2D eigenvalue weighted by atomic mass is 10.1. The Kier molecular flexibility index (Phi) is 40.8. The van der Waals surface area contributed by atoms with Gasteiger partial charge in [0.15, 0.2) is 0 Å². The molecular formula is C30H60N4O12. The van der Waals surface area contributed by atoms with Crippen LogP contribution in [0.4, 0.5) is 0 Å². The highest BCUT2D eigenvalue weighted by Gasteiger charge is 2.10. The molecule has 0 saturated carbocycles. The third-order valence-corrected chi connectivity index (χ3v) is 6.17. The van der Waals surface area contributed by atoms with Gasteiger partial charge < -0.3 is 58.4 Å². The molecule has 16 nitrogen and oxygen atoms in total. The maximum absolute atomic E-state index is 10.2. The summed E-state index contributed by atoms with van der Waals surface area (Å²) in [4.78, 5) is 60.6. The summed E-state index contributed by atoms with van der Waals surface area (Å²) in [5.41, 5.74) is 19.3. The molecule has 0 amide bonds. The number of unbranched alkanes of at least 4 members (excludes halogenated alkanes) is 10. The Balaban J connectivity index is -0.000000258. The van der Waals surface area contributed by atoms with E-state index in [1.54, 1.807) is 0 Å². The second-order valence-corrected chi connectivity index (χ2v) is 10.6. The standard InChI is InChI=1S/2C9H16O4.2C6H14N2O2/c2*10-8(11)6-4-2-1-3-5-7-9(12)13;2*7-4-2-1-3-5(8)6(9)10/h2*1-7H2,(H,10,11)(H,12,13);2*5H,1-4,7-8H2,(H,9,10)/t;;2*5-/m..00/s1. The van der Waals surface area contributed by atoms with Crippen molar-refractivity contribution in [3.8, 4) is 0 Å². The van der Waals surface area contributed by atoms with Crippen LogP contribution in [0.5, 0.6) is 0 Å². The van der Waals surface area contributed by atoms with Crippen molar-refractivity contribution in [2.24, 2.45) is 17.2 Å². The Labute approximate surface area is 271 Å². The van der Waals surface area contributed by atoms with Crippen molar-refractivity contribution in [2.45, 2.75) is 141 Å². The van der Waals surface area contributed by atoms with Crippen LogP contribution in [0.2, 0.25) is 0 Å².